The first kappa shape index (κ1) is 14.3. The molecule has 0 fully saturated rings. The highest BCUT2D eigenvalue weighted by Crippen LogP contribution is 2.24. The van der Waals surface area contributed by atoms with E-state index in [1.165, 1.54) is 18.5 Å². The Bertz CT molecular complexity index is 597. The molecule has 0 radical (unpaired) electrons. The third-order valence-corrected chi connectivity index (χ3v) is 2.77. The van der Waals surface area contributed by atoms with Crippen molar-refractivity contribution in [1.29, 1.82) is 0 Å². The molecule has 0 saturated heterocycles. The molecule has 1 aromatic heterocycles. The number of halogens is 3. The summed E-state index contributed by atoms with van der Waals surface area (Å²) in [6, 6.07) is 6.32. The lowest BCUT2D eigenvalue weighted by Crippen LogP contribution is -2.05. The second-order valence-electron chi connectivity index (χ2n) is 3.80. The number of nitrogen functional groups attached to an aromatic ring is 1. The van der Waals surface area contributed by atoms with Crippen molar-refractivity contribution < 1.29 is 13.5 Å². The highest BCUT2D eigenvalue weighted by Gasteiger charge is 2.07. The molecule has 8 heteroatoms. The number of aromatic nitrogens is 2. The molecule has 20 heavy (non-hydrogen) atoms. The lowest BCUT2D eigenvalue weighted by molar-refractivity contribution is -0.0498. The van der Waals surface area contributed by atoms with E-state index >= 15 is 0 Å². The van der Waals surface area contributed by atoms with Crippen LogP contribution in [0, 0.1) is 0 Å². The van der Waals surface area contributed by atoms with E-state index < -0.39 is 6.61 Å². The molecule has 0 aliphatic rings. The van der Waals surface area contributed by atoms with Crippen molar-refractivity contribution in [2.24, 2.45) is 0 Å². The molecule has 1 aromatic carbocycles. The Hall–Kier alpha value is -2.15. The van der Waals surface area contributed by atoms with Gasteiger partial charge in [-0.25, -0.2) is 9.97 Å². The van der Waals surface area contributed by atoms with E-state index in [0.29, 0.717) is 12.4 Å². The third-order valence-electron chi connectivity index (χ3n) is 2.40. The fourth-order valence-electron chi connectivity index (χ4n) is 1.52. The molecule has 0 aliphatic heterocycles. The fourth-order valence-corrected chi connectivity index (χ4v) is 1.69. The molecule has 0 amide bonds. The number of benzene rings is 1. The number of nitrogens with two attached hydrogens (primary N) is 1. The maximum Gasteiger partial charge on any atom is 0.387 e. The van der Waals surface area contributed by atoms with Crippen molar-refractivity contribution in [2.75, 3.05) is 11.1 Å². The van der Waals surface area contributed by atoms with Gasteiger partial charge in [0.25, 0.3) is 0 Å². The Labute approximate surface area is 118 Å². The largest absolute Gasteiger partial charge is 0.435 e. The quantitative estimate of drug-likeness (QED) is 0.888. The minimum Gasteiger partial charge on any atom is -0.435 e. The molecule has 3 N–H and O–H groups in total. The van der Waals surface area contributed by atoms with Crippen molar-refractivity contribution in [1.82, 2.24) is 9.97 Å². The van der Waals surface area contributed by atoms with Gasteiger partial charge >= 0.3 is 6.61 Å². The van der Waals surface area contributed by atoms with Gasteiger partial charge in [-0.2, -0.15) is 8.78 Å². The number of hydrogen-bond donors (Lipinski definition) is 2. The number of rotatable bonds is 5. The van der Waals surface area contributed by atoms with Crippen LogP contribution < -0.4 is 15.8 Å². The molecule has 5 nitrogen and oxygen atoms in total. The van der Waals surface area contributed by atoms with Crippen molar-refractivity contribution in [3.8, 4) is 5.75 Å². The number of ether oxygens (including phenoxy) is 1. The van der Waals surface area contributed by atoms with E-state index in [1.54, 1.807) is 12.1 Å². The number of hydrogen-bond acceptors (Lipinski definition) is 5. The van der Waals surface area contributed by atoms with Crippen molar-refractivity contribution in [3.63, 3.8) is 0 Å². The van der Waals surface area contributed by atoms with E-state index in [1.807, 2.05) is 0 Å². The molecule has 2 aromatic rings. The molecule has 0 atom stereocenters. The topological polar surface area (TPSA) is 73.1 Å². The molecule has 0 spiro atoms. The molecule has 2 rings (SSSR count). The zero-order valence-electron chi connectivity index (χ0n) is 10.2. The van der Waals surface area contributed by atoms with Gasteiger partial charge in [0, 0.05) is 6.54 Å². The van der Waals surface area contributed by atoms with Gasteiger partial charge in [-0.3, -0.25) is 0 Å². The summed E-state index contributed by atoms with van der Waals surface area (Å²) in [6.45, 7) is -2.52. The Morgan fingerprint density at radius 2 is 2.15 bits per heavy atom. The van der Waals surface area contributed by atoms with E-state index in [9.17, 15) is 8.78 Å². The molecule has 0 aliphatic carbocycles. The summed E-state index contributed by atoms with van der Waals surface area (Å²) in [6.07, 6.45) is 1.28. The third kappa shape index (κ3) is 3.67. The highest BCUT2D eigenvalue weighted by molar-refractivity contribution is 6.35. The zero-order valence-corrected chi connectivity index (χ0v) is 10.9. The monoisotopic (exact) mass is 300 g/mol. The van der Waals surface area contributed by atoms with E-state index in [2.05, 4.69) is 20.0 Å². The van der Waals surface area contributed by atoms with Gasteiger partial charge in [-0.1, -0.05) is 23.7 Å². The van der Waals surface area contributed by atoms with Crippen LogP contribution in [0.5, 0.6) is 5.75 Å². The number of nitrogens with zero attached hydrogens (tertiary/aromatic N) is 2. The Balaban J connectivity index is 2.05. The highest BCUT2D eigenvalue weighted by atomic mass is 35.5. The van der Waals surface area contributed by atoms with Gasteiger partial charge in [-0.05, 0) is 17.7 Å². The van der Waals surface area contributed by atoms with Crippen LogP contribution in [-0.2, 0) is 6.54 Å². The average molecular weight is 301 g/mol. The van der Waals surface area contributed by atoms with Gasteiger partial charge in [0.1, 0.15) is 22.9 Å². The maximum absolute atomic E-state index is 12.1. The van der Waals surface area contributed by atoms with Gasteiger partial charge in [0.05, 0.1) is 0 Å². The van der Waals surface area contributed by atoms with Gasteiger partial charge < -0.3 is 15.8 Å². The van der Waals surface area contributed by atoms with E-state index in [4.69, 9.17) is 17.3 Å². The van der Waals surface area contributed by atoms with Crippen molar-refractivity contribution >= 4 is 23.2 Å². The molecule has 0 unspecified atom stereocenters. The normalized spacial score (nSPS) is 10.6. The summed E-state index contributed by atoms with van der Waals surface area (Å²) in [5, 5.41) is 3.16. The smallest absolute Gasteiger partial charge is 0.387 e. The molecule has 0 saturated carbocycles. The first-order valence-electron chi connectivity index (χ1n) is 5.60. The second kappa shape index (κ2) is 6.33. The molecular formula is C12H11ClF2N4O. The van der Waals surface area contributed by atoms with Crippen LogP contribution >= 0.6 is 11.6 Å². The minimum atomic E-state index is -2.85. The lowest BCUT2D eigenvalue weighted by atomic mass is 10.2. The summed E-state index contributed by atoms with van der Waals surface area (Å²) in [4.78, 5) is 7.67. The molecule has 106 valence electrons. The fraction of sp³-hybridized carbons (Fsp3) is 0.167. The molecule has 0 bridgehead atoms. The summed E-state index contributed by atoms with van der Waals surface area (Å²) >= 11 is 5.92. The number of nitrogens with one attached hydrogen (secondary N) is 1. The van der Waals surface area contributed by atoms with Crippen LogP contribution in [-0.4, -0.2) is 16.6 Å². The number of anilines is 2. The van der Waals surface area contributed by atoms with Crippen molar-refractivity contribution in [2.45, 2.75) is 13.2 Å². The van der Waals surface area contributed by atoms with Crippen molar-refractivity contribution in [3.05, 3.63) is 41.2 Å². The predicted molar refractivity (Wildman–Crippen MR) is 71.9 cm³/mol. The lowest BCUT2D eigenvalue weighted by Gasteiger charge is -2.09. The summed E-state index contributed by atoms with van der Waals surface area (Å²) < 4.78 is 28.5. The molecular weight excluding hydrogens is 290 g/mol. The predicted octanol–water partition coefficient (Wildman–Crippen LogP) is 2.93. The second-order valence-corrected chi connectivity index (χ2v) is 4.18. The summed E-state index contributed by atoms with van der Waals surface area (Å²) in [5.74, 6) is 0.630. The maximum atomic E-state index is 12.1. The average Bonchev–Trinajstić information content (AvgIpc) is 2.40. The zero-order chi connectivity index (χ0) is 14.5. The van der Waals surface area contributed by atoms with Gasteiger partial charge in [-0.15, -0.1) is 0 Å². The SMILES string of the molecule is Nc1ncnc(NCc2cccc(OC(F)F)c2)c1Cl. The van der Waals surface area contributed by atoms with Crippen LogP contribution in [0.3, 0.4) is 0 Å². The first-order valence-corrected chi connectivity index (χ1v) is 5.97. The van der Waals surface area contributed by atoms with Gasteiger partial charge in [0.15, 0.2) is 5.82 Å². The molecule has 1 heterocycles. The summed E-state index contributed by atoms with van der Waals surface area (Å²) in [7, 11) is 0. The number of alkyl halides is 2. The van der Waals surface area contributed by atoms with Gasteiger partial charge in [0.2, 0.25) is 0 Å². The van der Waals surface area contributed by atoms with Crippen LogP contribution in [0.15, 0.2) is 30.6 Å². The minimum absolute atomic E-state index is 0.0904. The van der Waals surface area contributed by atoms with Crippen LogP contribution in [0.2, 0.25) is 5.02 Å². The van der Waals surface area contributed by atoms with Crippen LogP contribution in [0.25, 0.3) is 0 Å². The van der Waals surface area contributed by atoms with Crippen LogP contribution in [0.4, 0.5) is 20.4 Å². The standard InChI is InChI=1S/C12H11ClF2N4O/c13-9-10(16)18-6-19-11(9)17-5-7-2-1-3-8(4-7)20-12(14)15/h1-4,6,12H,5H2,(H3,16,17,18,19). The first-order chi connectivity index (χ1) is 9.56. The summed E-state index contributed by atoms with van der Waals surface area (Å²) in [5.41, 5.74) is 6.27. The van der Waals surface area contributed by atoms with E-state index in [0.717, 1.165) is 5.56 Å². The Morgan fingerprint density at radius 1 is 1.35 bits per heavy atom. The Morgan fingerprint density at radius 3 is 2.90 bits per heavy atom. The Kier molecular flexibility index (Phi) is 4.52. The van der Waals surface area contributed by atoms with E-state index in [-0.39, 0.29) is 16.6 Å². The van der Waals surface area contributed by atoms with Crippen LogP contribution in [0.1, 0.15) is 5.56 Å².